The van der Waals surface area contributed by atoms with Crippen LogP contribution in [0.3, 0.4) is 0 Å². The van der Waals surface area contributed by atoms with E-state index in [1.165, 1.54) is 99.2 Å². The molecular weight excluding hydrogens is 639 g/mol. The van der Waals surface area contributed by atoms with Crippen molar-refractivity contribution in [2.75, 3.05) is 0 Å². The summed E-state index contributed by atoms with van der Waals surface area (Å²) in [5.41, 5.74) is 19.4. The van der Waals surface area contributed by atoms with Crippen LogP contribution in [0, 0.1) is 0 Å². The predicted octanol–water partition coefficient (Wildman–Crippen LogP) is 11.5. The highest BCUT2D eigenvalue weighted by Gasteiger charge is 2.43. The highest BCUT2D eigenvalue weighted by molar-refractivity contribution is 7.00. The first kappa shape index (κ1) is 34.5. The van der Waals surface area contributed by atoms with Crippen LogP contribution in [0.15, 0.2) is 72.8 Å². The zero-order valence-electron chi connectivity index (χ0n) is 34.9. The molecule has 3 heteroatoms. The van der Waals surface area contributed by atoms with Gasteiger partial charge in [0.2, 0.25) is 0 Å². The summed E-state index contributed by atoms with van der Waals surface area (Å²) in [7, 11) is 0. The maximum Gasteiger partial charge on any atom is 0.252 e. The van der Waals surface area contributed by atoms with Crippen LogP contribution in [-0.4, -0.2) is 15.8 Å². The largest absolute Gasteiger partial charge is 0.310 e. The molecule has 0 saturated carbocycles. The number of hydrogen-bond acceptors (Lipinski definition) is 0. The molecule has 9 rings (SSSR count). The number of aromatic nitrogens is 2. The van der Waals surface area contributed by atoms with Gasteiger partial charge in [-0.1, -0.05) is 128 Å². The molecule has 5 aromatic carbocycles. The highest BCUT2D eigenvalue weighted by atomic mass is 15.0. The van der Waals surface area contributed by atoms with Crippen LogP contribution in [-0.2, 0) is 27.1 Å². The predicted molar refractivity (Wildman–Crippen MR) is 233 cm³/mol. The first-order valence-electron chi connectivity index (χ1n) is 19.9. The van der Waals surface area contributed by atoms with Gasteiger partial charge < -0.3 is 9.13 Å². The standard InChI is InChI=1S/C50H57BN2/c1-46(2,3)28-16-18-39-33(20-28)35-22-30(48(7,8)9)24-37-44(35)52(39)41-26-32(50(13,14)15)27-42-43(41)51(37)38-25-31(49(10,11)12)23-36-34-21-29(47(4,5)6)17-19-40(34)53(42)45(36)38/h16-27H,1-15H3. The fourth-order valence-corrected chi connectivity index (χ4v) is 9.30. The second-order valence-electron chi connectivity index (χ2n) is 21.7. The molecule has 0 radical (unpaired) electrons. The van der Waals surface area contributed by atoms with E-state index in [2.05, 4.69) is 186 Å². The van der Waals surface area contributed by atoms with Crippen LogP contribution in [0.25, 0.3) is 55.0 Å². The smallest absolute Gasteiger partial charge is 0.252 e. The summed E-state index contributed by atoms with van der Waals surface area (Å²) in [6.45, 7) is 35.5. The van der Waals surface area contributed by atoms with Gasteiger partial charge in [0.1, 0.15) is 0 Å². The normalized spacial score (nSPS) is 14.7. The Morgan fingerprint density at radius 1 is 0.358 bits per heavy atom. The molecule has 0 unspecified atom stereocenters. The van der Waals surface area contributed by atoms with Crippen LogP contribution in [0.4, 0.5) is 0 Å². The van der Waals surface area contributed by atoms with E-state index >= 15 is 0 Å². The van der Waals surface area contributed by atoms with E-state index in [4.69, 9.17) is 0 Å². The van der Waals surface area contributed by atoms with Crippen molar-refractivity contribution in [3.8, 4) is 11.4 Å². The molecule has 2 aliphatic rings. The van der Waals surface area contributed by atoms with Gasteiger partial charge in [0, 0.05) is 44.0 Å². The molecule has 2 aliphatic heterocycles. The Morgan fingerprint density at radius 3 is 1.02 bits per heavy atom. The number of nitrogens with zero attached hydrogens (tertiary/aromatic N) is 2. The molecule has 270 valence electrons. The van der Waals surface area contributed by atoms with Crippen LogP contribution < -0.4 is 16.4 Å². The van der Waals surface area contributed by atoms with Gasteiger partial charge in [-0.25, -0.2) is 0 Å². The molecule has 2 aromatic heterocycles. The summed E-state index contributed by atoms with van der Waals surface area (Å²) < 4.78 is 5.31. The van der Waals surface area contributed by atoms with Gasteiger partial charge in [0.25, 0.3) is 6.71 Å². The summed E-state index contributed by atoms with van der Waals surface area (Å²) in [5.74, 6) is 0. The molecule has 2 nitrogen and oxygen atoms in total. The van der Waals surface area contributed by atoms with Crippen molar-refractivity contribution < 1.29 is 0 Å². The highest BCUT2D eigenvalue weighted by Crippen LogP contribution is 2.44. The van der Waals surface area contributed by atoms with Crippen molar-refractivity contribution >= 4 is 66.7 Å². The van der Waals surface area contributed by atoms with Gasteiger partial charge in [-0.15, -0.1) is 0 Å². The minimum atomic E-state index is -0.0310. The number of benzene rings is 5. The number of rotatable bonds is 0. The Hall–Kier alpha value is -4.24. The Labute approximate surface area is 317 Å². The van der Waals surface area contributed by atoms with Crippen LogP contribution >= 0.6 is 0 Å². The van der Waals surface area contributed by atoms with E-state index in [0.29, 0.717) is 0 Å². The van der Waals surface area contributed by atoms with Crippen molar-refractivity contribution in [3.05, 3.63) is 101 Å². The second kappa shape index (κ2) is 10.3. The lowest BCUT2D eigenvalue weighted by atomic mass is 9.33. The van der Waals surface area contributed by atoms with Crippen molar-refractivity contribution in [1.29, 1.82) is 0 Å². The lowest BCUT2D eigenvalue weighted by molar-refractivity contribution is 0.589. The van der Waals surface area contributed by atoms with Gasteiger partial charge in [0.15, 0.2) is 0 Å². The summed E-state index contributed by atoms with van der Waals surface area (Å²) in [6.07, 6.45) is 0. The number of fused-ring (bicyclic) bond motifs is 10. The minimum absolute atomic E-state index is 0.00451. The zero-order chi connectivity index (χ0) is 38.1. The molecular formula is C50H57BN2. The third-order valence-electron chi connectivity index (χ3n) is 12.6. The Balaban J connectivity index is 1.55. The molecule has 4 heterocycles. The number of hydrogen-bond donors (Lipinski definition) is 0. The van der Waals surface area contributed by atoms with Gasteiger partial charge >= 0.3 is 0 Å². The average Bonchev–Trinajstić information content (AvgIpc) is 3.55. The van der Waals surface area contributed by atoms with Gasteiger partial charge in [-0.05, 0) is 120 Å². The summed E-state index contributed by atoms with van der Waals surface area (Å²) in [6, 6.07) is 29.9. The third kappa shape index (κ3) is 4.84. The van der Waals surface area contributed by atoms with E-state index in [0.717, 1.165) is 0 Å². The zero-order valence-corrected chi connectivity index (χ0v) is 34.9. The Morgan fingerprint density at radius 2 is 0.679 bits per heavy atom. The van der Waals surface area contributed by atoms with Crippen molar-refractivity contribution in [3.63, 3.8) is 0 Å². The van der Waals surface area contributed by atoms with E-state index in [1.54, 1.807) is 0 Å². The van der Waals surface area contributed by atoms with Crippen molar-refractivity contribution in [2.45, 2.75) is 131 Å². The molecule has 0 fully saturated rings. The average molecular weight is 697 g/mol. The monoisotopic (exact) mass is 696 g/mol. The molecule has 53 heavy (non-hydrogen) atoms. The van der Waals surface area contributed by atoms with Gasteiger partial charge in [-0.3, -0.25) is 0 Å². The SMILES string of the molecule is CC(C)(C)c1cc2c3c(c1)-n1c4ccc(C(C)(C)C)cc4c4cc(C(C)(C)C)cc(c41)B3c1cc(C(C)(C)C)cc3c4cc(C(C)(C)C)ccc4n-2c13. The Bertz CT molecular complexity index is 2550. The maximum atomic E-state index is 2.66. The topological polar surface area (TPSA) is 9.86 Å². The summed E-state index contributed by atoms with van der Waals surface area (Å²) in [4.78, 5) is 0. The quantitative estimate of drug-likeness (QED) is 0.140. The first-order chi connectivity index (χ1) is 24.4. The minimum Gasteiger partial charge on any atom is -0.310 e. The van der Waals surface area contributed by atoms with E-state index in [9.17, 15) is 0 Å². The lowest BCUT2D eigenvalue weighted by Gasteiger charge is -2.37. The van der Waals surface area contributed by atoms with E-state index < -0.39 is 0 Å². The second-order valence-corrected chi connectivity index (χ2v) is 21.7. The van der Waals surface area contributed by atoms with Crippen molar-refractivity contribution in [1.82, 2.24) is 9.13 Å². The van der Waals surface area contributed by atoms with E-state index in [-0.39, 0.29) is 33.8 Å². The molecule has 7 aromatic rings. The summed E-state index contributed by atoms with van der Waals surface area (Å²) >= 11 is 0. The van der Waals surface area contributed by atoms with E-state index in [1.807, 2.05) is 0 Å². The van der Waals surface area contributed by atoms with Crippen LogP contribution in [0.5, 0.6) is 0 Å². The van der Waals surface area contributed by atoms with Crippen LogP contribution in [0.1, 0.15) is 132 Å². The molecule has 0 bridgehead atoms. The fourth-order valence-electron chi connectivity index (χ4n) is 9.30. The first-order valence-corrected chi connectivity index (χ1v) is 19.9. The molecule has 0 saturated heterocycles. The lowest BCUT2D eigenvalue weighted by Crippen LogP contribution is -2.60. The molecule has 0 atom stereocenters. The summed E-state index contributed by atoms with van der Waals surface area (Å²) in [5, 5.41) is 5.49. The van der Waals surface area contributed by atoms with Crippen molar-refractivity contribution in [2.24, 2.45) is 0 Å². The van der Waals surface area contributed by atoms with Crippen LogP contribution in [0.2, 0.25) is 0 Å². The molecule has 0 amide bonds. The molecule has 0 N–H and O–H groups in total. The maximum absolute atomic E-state index is 2.66. The Kier molecular flexibility index (Phi) is 6.70. The van der Waals surface area contributed by atoms with Gasteiger partial charge in [0.05, 0.1) is 11.0 Å². The molecule has 0 spiro atoms. The fraction of sp³-hybridized carbons (Fsp3) is 0.400. The van der Waals surface area contributed by atoms with Gasteiger partial charge in [-0.2, -0.15) is 0 Å². The molecule has 0 aliphatic carbocycles. The third-order valence-corrected chi connectivity index (χ3v) is 12.6.